The molecule has 1 aromatic carbocycles. The van der Waals surface area contributed by atoms with Gasteiger partial charge in [-0.05, 0) is 61.0 Å². The number of halogens is 1. The minimum Gasteiger partial charge on any atom is -0.379 e. The Bertz CT molecular complexity index is 891. The Morgan fingerprint density at radius 3 is 2.60 bits per heavy atom. The number of aromatic nitrogens is 2. The topological polar surface area (TPSA) is 33.5 Å². The summed E-state index contributed by atoms with van der Waals surface area (Å²) in [5.41, 5.74) is 3.38. The van der Waals surface area contributed by atoms with Gasteiger partial charge >= 0.3 is 0 Å². The smallest absolute Gasteiger partial charge is 0.123 e. The van der Waals surface area contributed by atoms with Gasteiger partial charge in [-0.25, -0.2) is 4.39 Å². The molecule has 0 aliphatic carbocycles. The van der Waals surface area contributed by atoms with E-state index in [-0.39, 0.29) is 5.82 Å². The molecule has 0 radical (unpaired) electrons. The molecule has 0 amide bonds. The molecular formula is C24H29FN4O. The quantitative estimate of drug-likeness (QED) is 0.540. The molecule has 1 fully saturated rings. The second-order valence-electron chi connectivity index (χ2n) is 7.73. The summed E-state index contributed by atoms with van der Waals surface area (Å²) in [4.78, 5) is 9.22. The van der Waals surface area contributed by atoms with E-state index >= 15 is 0 Å². The summed E-state index contributed by atoms with van der Waals surface area (Å²) in [6, 6.07) is 15.0. The molecule has 1 aliphatic heterocycles. The van der Waals surface area contributed by atoms with Crippen LogP contribution in [-0.2, 0) is 17.8 Å². The Balaban J connectivity index is 1.44. The Labute approximate surface area is 177 Å². The van der Waals surface area contributed by atoms with Gasteiger partial charge in [0.15, 0.2) is 0 Å². The van der Waals surface area contributed by atoms with Crippen molar-refractivity contribution in [2.75, 3.05) is 39.4 Å². The fourth-order valence-corrected chi connectivity index (χ4v) is 3.93. The van der Waals surface area contributed by atoms with Gasteiger partial charge in [0.25, 0.3) is 0 Å². The normalized spacial score (nSPS) is 15.0. The van der Waals surface area contributed by atoms with Gasteiger partial charge in [0.05, 0.1) is 13.2 Å². The van der Waals surface area contributed by atoms with Crippen LogP contribution in [0.4, 0.5) is 4.39 Å². The SMILES string of the molecule is Fc1ccc(-n2cccc2CN(CCCN2CCOCC2)Cc2cccnc2)cc1. The molecule has 0 N–H and O–H groups in total. The first-order valence-electron chi connectivity index (χ1n) is 10.6. The lowest BCUT2D eigenvalue weighted by Gasteiger charge is -2.28. The molecule has 0 atom stereocenters. The zero-order valence-electron chi connectivity index (χ0n) is 17.3. The van der Waals surface area contributed by atoms with Crippen LogP contribution in [-0.4, -0.2) is 58.7 Å². The fourth-order valence-electron chi connectivity index (χ4n) is 3.93. The number of pyridine rings is 1. The summed E-state index contributed by atoms with van der Waals surface area (Å²) in [5, 5.41) is 0. The van der Waals surface area contributed by atoms with E-state index in [2.05, 4.69) is 37.5 Å². The predicted molar refractivity (Wildman–Crippen MR) is 116 cm³/mol. The number of morpholine rings is 1. The maximum atomic E-state index is 13.3. The number of ether oxygens (including phenoxy) is 1. The molecule has 0 unspecified atom stereocenters. The van der Waals surface area contributed by atoms with E-state index in [0.29, 0.717) is 0 Å². The summed E-state index contributed by atoms with van der Waals surface area (Å²) in [6.45, 7) is 7.49. The number of hydrogen-bond acceptors (Lipinski definition) is 4. The lowest BCUT2D eigenvalue weighted by atomic mass is 10.2. The van der Waals surface area contributed by atoms with Crippen molar-refractivity contribution in [3.8, 4) is 5.69 Å². The van der Waals surface area contributed by atoms with Crippen LogP contribution < -0.4 is 0 Å². The van der Waals surface area contributed by atoms with E-state index in [9.17, 15) is 4.39 Å². The summed E-state index contributed by atoms with van der Waals surface area (Å²) >= 11 is 0. The lowest BCUT2D eigenvalue weighted by molar-refractivity contribution is 0.0358. The first-order valence-corrected chi connectivity index (χ1v) is 10.6. The van der Waals surface area contributed by atoms with Crippen LogP contribution in [0.1, 0.15) is 17.7 Å². The summed E-state index contributed by atoms with van der Waals surface area (Å²) in [5.74, 6) is -0.214. The monoisotopic (exact) mass is 408 g/mol. The average Bonchev–Trinajstić information content (AvgIpc) is 3.24. The standard InChI is InChI=1S/C24H29FN4O/c25-22-6-8-23(9-7-22)29-13-2-5-24(29)20-28(19-21-4-1-10-26-18-21)12-3-11-27-14-16-30-17-15-27/h1-2,4-10,13,18H,3,11-12,14-17,19-20H2. The van der Waals surface area contributed by atoms with Gasteiger partial charge in [0, 0.05) is 62.7 Å². The third-order valence-electron chi connectivity index (χ3n) is 5.50. The van der Waals surface area contributed by atoms with E-state index < -0.39 is 0 Å². The fraction of sp³-hybridized carbons (Fsp3) is 0.375. The zero-order valence-corrected chi connectivity index (χ0v) is 17.3. The Morgan fingerprint density at radius 2 is 1.83 bits per heavy atom. The molecule has 0 spiro atoms. The van der Waals surface area contributed by atoms with Gasteiger partial charge in [-0.2, -0.15) is 0 Å². The van der Waals surface area contributed by atoms with Gasteiger partial charge in [0.1, 0.15) is 5.82 Å². The highest BCUT2D eigenvalue weighted by atomic mass is 19.1. The molecule has 1 saturated heterocycles. The van der Waals surface area contributed by atoms with Crippen LogP contribution in [0.5, 0.6) is 0 Å². The van der Waals surface area contributed by atoms with Gasteiger partial charge in [-0.15, -0.1) is 0 Å². The third-order valence-corrected chi connectivity index (χ3v) is 5.50. The molecule has 4 rings (SSSR count). The van der Waals surface area contributed by atoms with Crippen LogP contribution in [0.25, 0.3) is 5.69 Å². The summed E-state index contributed by atoms with van der Waals surface area (Å²) in [6.07, 6.45) is 6.90. The molecule has 5 nitrogen and oxygen atoms in total. The molecule has 0 bridgehead atoms. The molecule has 30 heavy (non-hydrogen) atoms. The molecule has 3 heterocycles. The summed E-state index contributed by atoms with van der Waals surface area (Å²) in [7, 11) is 0. The van der Waals surface area contributed by atoms with Gasteiger partial charge in [-0.1, -0.05) is 6.07 Å². The van der Waals surface area contributed by atoms with Crippen LogP contribution in [0.2, 0.25) is 0 Å². The highest BCUT2D eigenvalue weighted by molar-refractivity contribution is 5.35. The molecule has 2 aromatic heterocycles. The largest absolute Gasteiger partial charge is 0.379 e. The summed E-state index contributed by atoms with van der Waals surface area (Å²) < 4.78 is 20.9. The molecule has 3 aromatic rings. The number of nitrogens with zero attached hydrogens (tertiary/aromatic N) is 4. The second-order valence-corrected chi connectivity index (χ2v) is 7.73. The zero-order chi connectivity index (χ0) is 20.6. The third kappa shape index (κ3) is 5.75. The molecule has 6 heteroatoms. The number of benzene rings is 1. The first-order chi connectivity index (χ1) is 14.8. The predicted octanol–water partition coefficient (Wildman–Crippen LogP) is 3.74. The molecule has 1 aliphatic rings. The highest BCUT2D eigenvalue weighted by Crippen LogP contribution is 2.17. The lowest BCUT2D eigenvalue weighted by Crippen LogP contribution is -2.38. The van der Waals surface area contributed by atoms with Crippen molar-refractivity contribution >= 4 is 0 Å². The van der Waals surface area contributed by atoms with Crippen molar-refractivity contribution in [2.24, 2.45) is 0 Å². The average molecular weight is 409 g/mol. The van der Waals surface area contributed by atoms with E-state index in [0.717, 1.165) is 64.6 Å². The van der Waals surface area contributed by atoms with Gasteiger partial charge in [-0.3, -0.25) is 14.8 Å². The van der Waals surface area contributed by atoms with Crippen molar-refractivity contribution < 1.29 is 9.13 Å². The Morgan fingerprint density at radius 1 is 1.00 bits per heavy atom. The van der Waals surface area contributed by atoms with E-state index in [1.807, 2.05) is 36.8 Å². The number of hydrogen-bond donors (Lipinski definition) is 0. The van der Waals surface area contributed by atoms with Gasteiger partial charge < -0.3 is 9.30 Å². The second kappa shape index (κ2) is 10.5. The highest BCUT2D eigenvalue weighted by Gasteiger charge is 2.14. The van der Waals surface area contributed by atoms with Crippen molar-refractivity contribution in [1.82, 2.24) is 19.4 Å². The maximum Gasteiger partial charge on any atom is 0.123 e. The van der Waals surface area contributed by atoms with Crippen molar-refractivity contribution in [3.63, 3.8) is 0 Å². The minimum atomic E-state index is -0.214. The Kier molecular flexibility index (Phi) is 7.24. The van der Waals surface area contributed by atoms with Crippen LogP contribution >= 0.6 is 0 Å². The van der Waals surface area contributed by atoms with E-state index in [1.54, 1.807) is 0 Å². The van der Waals surface area contributed by atoms with Crippen LogP contribution in [0, 0.1) is 5.82 Å². The Hall–Kier alpha value is -2.54. The van der Waals surface area contributed by atoms with E-state index in [4.69, 9.17) is 4.74 Å². The molecule has 0 saturated carbocycles. The minimum absolute atomic E-state index is 0.214. The van der Waals surface area contributed by atoms with Crippen molar-refractivity contribution in [2.45, 2.75) is 19.5 Å². The van der Waals surface area contributed by atoms with Gasteiger partial charge in [0.2, 0.25) is 0 Å². The van der Waals surface area contributed by atoms with Crippen molar-refractivity contribution in [1.29, 1.82) is 0 Å². The molecule has 158 valence electrons. The van der Waals surface area contributed by atoms with Crippen LogP contribution in [0.15, 0.2) is 67.1 Å². The van der Waals surface area contributed by atoms with E-state index in [1.165, 1.54) is 23.4 Å². The first kappa shape index (κ1) is 20.7. The number of rotatable bonds is 9. The maximum absolute atomic E-state index is 13.3. The van der Waals surface area contributed by atoms with Crippen molar-refractivity contribution in [3.05, 3.63) is 84.2 Å². The molecular weight excluding hydrogens is 379 g/mol. The van der Waals surface area contributed by atoms with Crippen LogP contribution in [0.3, 0.4) is 0 Å².